The Balaban J connectivity index is 1.77. The van der Waals surface area contributed by atoms with Gasteiger partial charge in [-0.3, -0.25) is 0 Å². The SMILES string of the molecule is CCc1cnc(CNC2CCC(N)C2)s1. The van der Waals surface area contributed by atoms with Crippen LogP contribution in [-0.2, 0) is 13.0 Å². The quantitative estimate of drug-likeness (QED) is 0.819. The molecule has 0 radical (unpaired) electrons. The zero-order valence-corrected chi connectivity index (χ0v) is 10.0. The van der Waals surface area contributed by atoms with Gasteiger partial charge in [-0.2, -0.15) is 0 Å². The molecule has 84 valence electrons. The van der Waals surface area contributed by atoms with E-state index in [2.05, 4.69) is 17.2 Å². The van der Waals surface area contributed by atoms with Gasteiger partial charge in [-0.05, 0) is 25.7 Å². The fourth-order valence-electron chi connectivity index (χ4n) is 2.03. The fraction of sp³-hybridized carbons (Fsp3) is 0.727. The maximum absolute atomic E-state index is 5.87. The van der Waals surface area contributed by atoms with Gasteiger partial charge in [-0.1, -0.05) is 6.92 Å². The molecule has 1 aromatic heterocycles. The molecule has 0 saturated heterocycles. The van der Waals surface area contributed by atoms with Crippen molar-refractivity contribution in [2.45, 2.75) is 51.2 Å². The predicted octanol–water partition coefficient (Wildman–Crippen LogP) is 1.67. The van der Waals surface area contributed by atoms with Gasteiger partial charge in [-0.15, -0.1) is 11.3 Å². The van der Waals surface area contributed by atoms with Crippen LogP contribution in [-0.4, -0.2) is 17.1 Å². The Bertz CT molecular complexity index is 311. The number of nitrogens with two attached hydrogens (primary N) is 1. The van der Waals surface area contributed by atoms with Crippen LogP contribution in [0.1, 0.15) is 36.1 Å². The van der Waals surface area contributed by atoms with Gasteiger partial charge < -0.3 is 11.1 Å². The average Bonchev–Trinajstić information content (AvgIpc) is 2.83. The van der Waals surface area contributed by atoms with Crippen molar-refractivity contribution >= 4 is 11.3 Å². The molecule has 2 rings (SSSR count). The minimum Gasteiger partial charge on any atom is -0.328 e. The summed E-state index contributed by atoms with van der Waals surface area (Å²) in [6, 6.07) is 1.01. The Labute approximate surface area is 95.1 Å². The van der Waals surface area contributed by atoms with Gasteiger partial charge in [0.1, 0.15) is 5.01 Å². The van der Waals surface area contributed by atoms with Crippen molar-refractivity contribution in [1.82, 2.24) is 10.3 Å². The van der Waals surface area contributed by atoms with Crippen molar-refractivity contribution in [1.29, 1.82) is 0 Å². The van der Waals surface area contributed by atoms with Crippen molar-refractivity contribution in [3.05, 3.63) is 16.1 Å². The monoisotopic (exact) mass is 225 g/mol. The van der Waals surface area contributed by atoms with Crippen molar-refractivity contribution in [2.24, 2.45) is 5.73 Å². The molecule has 2 atom stereocenters. The molecule has 1 fully saturated rings. The highest BCUT2D eigenvalue weighted by molar-refractivity contribution is 7.11. The summed E-state index contributed by atoms with van der Waals surface area (Å²) in [5.74, 6) is 0. The summed E-state index contributed by atoms with van der Waals surface area (Å²) in [6.07, 6.45) is 6.57. The maximum Gasteiger partial charge on any atom is 0.107 e. The molecule has 0 spiro atoms. The Morgan fingerprint density at radius 2 is 2.47 bits per heavy atom. The number of nitrogens with zero attached hydrogens (tertiary/aromatic N) is 1. The third-order valence-corrected chi connectivity index (χ3v) is 4.11. The van der Waals surface area contributed by atoms with Crippen LogP contribution >= 0.6 is 11.3 Å². The topological polar surface area (TPSA) is 50.9 Å². The summed E-state index contributed by atoms with van der Waals surface area (Å²) in [4.78, 5) is 5.76. The molecule has 3 N–H and O–H groups in total. The standard InChI is InChI=1S/C11H19N3S/c1-2-10-6-14-11(15-10)7-13-9-4-3-8(12)5-9/h6,8-9,13H,2-5,7,12H2,1H3. The highest BCUT2D eigenvalue weighted by Gasteiger charge is 2.21. The van der Waals surface area contributed by atoms with E-state index >= 15 is 0 Å². The molecule has 0 bridgehead atoms. The summed E-state index contributed by atoms with van der Waals surface area (Å²) in [5, 5.41) is 4.73. The summed E-state index contributed by atoms with van der Waals surface area (Å²) in [5.41, 5.74) is 5.87. The van der Waals surface area contributed by atoms with Gasteiger partial charge in [0.15, 0.2) is 0 Å². The van der Waals surface area contributed by atoms with Crippen molar-refractivity contribution in [2.75, 3.05) is 0 Å². The van der Waals surface area contributed by atoms with Crippen LogP contribution < -0.4 is 11.1 Å². The van der Waals surface area contributed by atoms with Crippen LogP contribution in [0, 0.1) is 0 Å². The van der Waals surface area contributed by atoms with E-state index in [4.69, 9.17) is 5.73 Å². The highest BCUT2D eigenvalue weighted by atomic mass is 32.1. The Morgan fingerprint density at radius 1 is 1.60 bits per heavy atom. The second kappa shape index (κ2) is 5.05. The molecular weight excluding hydrogens is 206 g/mol. The zero-order valence-electron chi connectivity index (χ0n) is 9.20. The lowest BCUT2D eigenvalue weighted by Gasteiger charge is -2.10. The normalized spacial score (nSPS) is 26.0. The van der Waals surface area contributed by atoms with Crippen LogP contribution in [0.3, 0.4) is 0 Å². The molecule has 0 aliphatic heterocycles. The summed E-state index contributed by atoms with van der Waals surface area (Å²) in [6.45, 7) is 3.07. The number of nitrogens with one attached hydrogen (secondary N) is 1. The zero-order chi connectivity index (χ0) is 10.7. The first-order chi connectivity index (χ1) is 7.28. The van der Waals surface area contributed by atoms with Gasteiger partial charge in [0.2, 0.25) is 0 Å². The maximum atomic E-state index is 5.87. The molecule has 1 heterocycles. The molecule has 2 unspecified atom stereocenters. The predicted molar refractivity (Wildman–Crippen MR) is 63.9 cm³/mol. The molecule has 0 aromatic carbocycles. The number of hydrogen-bond donors (Lipinski definition) is 2. The number of rotatable bonds is 4. The number of aromatic nitrogens is 1. The van der Waals surface area contributed by atoms with Crippen LogP contribution in [0.4, 0.5) is 0 Å². The van der Waals surface area contributed by atoms with E-state index in [-0.39, 0.29) is 0 Å². The van der Waals surface area contributed by atoms with Crippen LogP contribution in [0.15, 0.2) is 6.20 Å². The number of hydrogen-bond acceptors (Lipinski definition) is 4. The van der Waals surface area contributed by atoms with Crippen LogP contribution in [0.25, 0.3) is 0 Å². The van der Waals surface area contributed by atoms with E-state index in [1.807, 2.05) is 17.5 Å². The smallest absolute Gasteiger partial charge is 0.107 e. The van der Waals surface area contributed by atoms with E-state index in [0.29, 0.717) is 12.1 Å². The summed E-state index contributed by atoms with van der Waals surface area (Å²) in [7, 11) is 0. The Kier molecular flexibility index (Phi) is 3.72. The minimum absolute atomic E-state index is 0.407. The first kappa shape index (κ1) is 11.0. The third-order valence-electron chi connectivity index (χ3n) is 2.97. The summed E-state index contributed by atoms with van der Waals surface area (Å²) >= 11 is 1.81. The van der Waals surface area contributed by atoms with Crippen LogP contribution in [0.5, 0.6) is 0 Å². The number of aryl methyl sites for hydroxylation is 1. The molecule has 15 heavy (non-hydrogen) atoms. The molecule has 1 saturated carbocycles. The van der Waals surface area contributed by atoms with E-state index in [9.17, 15) is 0 Å². The van der Waals surface area contributed by atoms with Gasteiger partial charge in [0, 0.05) is 29.7 Å². The van der Waals surface area contributed by atoms with E-state index in [0.717, 1.165) is 25.8 Å². The summed E-state index contributed by atoms with van der Waals surface area (Å²) < 4.78 is 0. The highest BCUT2D eigenvalue weighted by Crippen LogP contribution is 2.18. The molecule has 1 aromatic rings. The largest absolute Gasteiger partial charge is 0.328 e. The first-order valence-electron chi connectivity index (χ1n) is 5.70. The molecule has 0 amide bonds. The minimum atomic E-state index is 0.407. The van der Waals surface area contributed by atoms with E-state index in [1.54, 1.807) is 0 Å². The lowest BCUT2D eigenvalue weighted by molar-refractivity contribution is 0.516. The second-order valence-corrected chi connectivity index (χ2v) is 5.42. The molecule has 3 nitrogen and oxygen atoms in total. The third kappa shape index (κ3) is 3.00. The van der Waals surface area contributed by atoms with E-state index in [1.165, 1.54) is 16.3 Å². The number of thiazole rings is 1. The lowest BCUT2D eigenvalue weighted by atomic mass is 10.2. The van der Waals surface area contributed by atoms with Crippen molar-refractivity contribution in [3.8, 4) is 0 Å². The Hall–Kier alpha value is -0.450. The molecule has 4 heteroatoms. The Morgan fingerprint density at radius 3 is 3.07 bits per heavy atom. The van der Waals surface area contributed by atoms with Gasteiger partial charge in [0.25, 0.3) is 0 Å². The van der Waals surface area contributed by atoms with Crippen LogP contribution in [0.2, 0.25) is 0 Å². The van der Waals surface area contributed by atoms with Gasteiger partial charge in [-0.25, -0.2) is 4.98 Å². The lowest BCUT2D eigenvalue weighted by Crippen LogP contribution is -2.27. The van der Waals surface area contributed by atoms with Gasteiger partial charge >= 0.3 is 0 Å². The van der Waals surface area contributed by atoms with E-state index < -0.39 is 0 Å². The van der Waals surface area contributed by atoms with Gasteiger partial charge in [0.05, 0.1) is 0 Å². The fourth-order valence-corrected chi connectivity index (χ4v) is 2.84. The molecule has 1 aliphatic carbocycles. The second-order valence-electron chi connectivity index (χ2n) is 4.22. The van der Waals surface area contributed by atoms with Crippen molar-refractivity contribution < 1.29 is 0 Å². The average molecular weight is 225 g/mol. The molecular formula is C11H19N3S. The molecule has 1 aliphatic rings. The van der Waals surface area contributed by atoms with Crippen molar-refractivity contribution in [3.63, 3.8) is 0 Å². The first-order valence-corrected chi connectivity index (χ1v) is 6.52.